The second kappa shape index (κ2) is 35.3. The van der Waals surface area contributed by atoms with Gasteiger partial charge in [0.05, 0.1) is 42.9 Å². The number of esters is 1. The van der Waals surface area contributed by atoms with Crippen LogP contribution in [0.15, 0.2) is 78.2 Å². The van der Waals surface area contributed by atoms with Crippen molar-refractivity contribution in [3.8, 4) is 24.2 Å². The van der Waals surface area contributed by atoms with Crippen molar-refractivity contribution in [3.63, 3.8) is 0 Å². The molecule has 3 aromatic carbocycles. The Morgan fingerprint density at radius 1 is 0.859 bits per heavy atom. The molecule has 0 radical (unpaired) electrons. The van der Waals surface area contributed by atoms with Crippen LogP contribution in [0.2, 0.25) is 0 Å². The van der Waals surface area contributed by atoms with E-state index in [9.17, 15) is 53.1 Å². The van der Waals surface area contributed by atoms with E-state index in [2.05, 4.69) is 44.0 Å². The van der Waals surface area contributed by atoms with Gasteiger partial charge in [-0.2, -0.15) is 0 Å². The summed E-state index contributed by atoms with van der Waals surface area (Å²) in [5, 5.41) is 24.5. The Morgan fingerprint density at radius 3 is 2.22 bits per heavy atom. The van der Waals surface area contributed by atoms with Crippen molar-refractivity contribution in [1.82, 2.24) is 30.9 Å². The number of terminal acetylenes is 1. The first-order chi connectivity index (χ1) is 43.9. The van der Waals surface area contributed by atoms with Gasteiger partial charge in [-0.3, -0.25) is 57.7 Å². The average molecular weight is 1280 g/mol. The summed E-state index contributed by atoms with van der Waals surface area (Å²) in [6, 6.07) is 18.8. The molecule has 3 heterocycles. The molecule has 1 aromatic heterocycles. The number of fused-ring (bicyclic) bond motifs is 2. The summed E-state index contributed by atoms with van der Waals surface area (Å²) in [5.74, 6) is 3.40. The number of rotatable bonds is 34. The first-order valence-corrected chi connectivity index (χ1v) is 32.5. The van der Waals surface area contributed by atoms with Gasteiger partial charge in [-0.05, 0) is 113 Å². The van der Waals surface area contributed by atoms with E-state index in [0.29, 0.717) is 54.7 Å². The Kier molecular flexibility index (Phi) is 27.8. The average Bonchev–Trinajstić information content (AvgIpc) is 1.06. The van der Waals surface area contributed by atoms with Gasteiger partial charge in [-0.15, -0.1) is 23.7 Å². The standard InChI is InChI=1S/C70H88N8O13S/c1-10-12-19-38-90-78(68(87)64(46(5)11-2)75-66(86)58-24-17-18-37-76(58)9)59(45(3)4)40-60(91-47(6)79)67-74-56(44-92-67)65(85)73-53(41-70(7,8)69(88)89)39-48-25-29-52(30-26-48)72-62(83)35-32-55(81)42-71-61(82)34-31-54(80)33-36-63(84)77-43-51-22-14-13-20-49(51)27-28-50-21-15-16-23-57(50)77/h1,13-16,20-23,25-26,29-30,44-46,53,58-60,64H,11-12,17-19,24,31-43H2,2-9H3,(H,71,82)(H,72,83)(H,73,85)(H,75,86)(H,88,89)/t46-,53-,58+,59+,60+,64-/m0/s1. The van der Waals surface area contributed by atoms with E-state index in [1.807, 2.05) is 88.2 Å². The number of piperidine rings is 1. The van der Waals surface area contributed by atoms with Crippen LogP contribution in [0.1, 0.15) is 182 Å². The highest BCUT2D eigenvalue weighted by molar-refractivity contribution is 7.09. The summed E-state index contributed by atoms with van der Waals surface area (Å²) >= 11 is 1.07. The molecule has 6 amide bonds. The van der Waals surface area contributed by atoms with E-state index in [1.54, 1.807) is 43.0 Å². The number of thiazole rings is 1. The number of hydrogen-bond donors (Lipinski definition) is 5. The minimum atomic E-state index is -1.28. The number of para-hydroxylation sites is 1. The monoisotopic (exact) mass is 1280 g/mol. The Hall–Kier alpha value is -8.57. The zero-order valence-electron chi connectivity index (χ0n) is 54.1. The number of likely N-dealkylation sites (tertiary alicyclic amines) is 1. The summed E-state index contributed by atoms with van der Waals surface area (Å²) < 4.78 is 5.89. The van der Waals surface area contributed by atoms with E-state index in [1.165, 1.54) is 17.4 Å². The lowest BCUT2D eigenvalue weighted by molar-refractivity contribution is -0.213. The molecule has 1 saturated heterocycles. The Balaban J connectivity index is 1.01. The highest BCUT2D eigenvalue weighted by Crippen LogP contribution is 2.33. The third-order valence-electron chi connectivity index (χ3n) is 16.6. The van der Waals surface area contributed by atoms with E-state index >= 15 is 0 Å². The number of unbranched alkanes of at least 4 members (excludes halogenated alkanes) is 1. The van der Waals surface area contributed by atoms with Gasteiger partial charge >= 0.3 is 11.9 Å². The van der Waals surface area contributed by atoms with E-state index < -0.39 is 77.0 Å². The lowest BCUT2D eigenvalue weighted by Gasteiger charge is -2.39. The van der Waals surface area contributed by atoms with Gasteiger partial charge in [0.2, 0.25) is 23.6 Å². The van der Waals surface area contributed by atoms with Crippen LogP contribution >= 0.6 is 11.3 Å². The van der Waals surface area contributed by atoms with Gasteiger partial charge in [0.15, 0.2) is 11.9 Å². The molecular weight excluding hydrogens is 1190 g/mol. The van der Waals surface area contributed by atoms with Gasteiger partial charge in [-0.25, -0.2) is 10.0 Å². The zero-order chi connectivity index (χ0) is 67.1. The van der Waals surface area contributed by atoms with Crippen LogP contribution in [0.3, 0.4) is 0 Å². The molecule has 0 aliphatic carbocycles. The minimum absolute atomic E-state index is 0.00686. The molecule has 21 nitrogen and oxygen atoms in total. The number of carboxylic acids is 1. The van der Waals surface area contributed by atoms with Crippen LogP contribution in [0.4, 0.5) is 11.4 Å². The molecule has 5 N–H and O–H groups in total. The first kappa shape index (κ1) is 72.5. The van der Waals surface area contributed by atoms with Gasteiger partial charge in [0, 0.05) is 86.5 Å². The van der Waals surface area contributed by atoms with Gasteiger partial charge in [-0.1, -0.05) is 94.8 Å². The third kappa shape index (κ3) is 21.8. The fraction of sp³-hybridized carbons (Fsp3) is 0.500. The fourth-order valence-electron chi connectivity index (χ4n) is 10.9. The number of ether oxygens (including phenoxy) is 1. The van der Waals surface area contributed by atoms with Crippen molar-refractivity contribution < 1.29 is 62.6 Å². The van der Waals surface area contributed by atoms with Crippen LogP contribution in [-0.2, 0) is 65.7 Å². The topological polar surface area (TPSA) is 280 Å². The number of aromatic nitrogens is 1. The van der Waals surface area contributed by atoms with Crippen molar-refractivity contribution >= 4 is 81.7 Å². The molecule has 4 aromatic rings. The zero-order valence-corrected chi connectivity index (χ0v) is 54.9. The van der Waals surface area contributed by atoms with Crippen LogP contribution in [-0.4, -0.2) is 130 Å². The van der Waals surface area contributed by atoms with Crippen molar-refractivity contribution in [2.45, 2.75) is 182 Å². The Bertz CT molecular complexity index is 3380. The maximum Gasteiger partial charge on any atom is 0.309 e. The van der Waals surface area contributed by atoms with Gasteiger partial charge < -0.3 is 36.0 Å². The normalized spacial score (nSPS) is 15.3. The Morgan fingerprint density at radius 2 is 1.53 bits per heavy atom. The number of amides is 6. The number of aliphatic carboxylic acids is 1. The van der Waals surface area contributed by atoms with Crippen LogP contribution in [0.25, 0.3) is 0 Å². The molecule has 1 fully saturated rings. The maximum absolute atomic E-state index is 14.9. The molecule has 92 heavy (non-hydrogen) atoms. The molecule has 0 unspecified atom stereocenters. The lowest BCUT2D eigenvalue weighted by atomic mass is 9.84. The molecule has 492 valence electrons. The summed E-state index contributed by atoms with van der Waals surface area (Å²) in [6.07, 6.45) is 7.85. The largest absolute Gasteiger partial charge is 0.481 e. The number of hydrogen-bond acceptors (Lipinski definition) is 15. The number of nitrogens with zero attached hydrogens (tertiary/aromatic N) is 4. The third-order valence-corrected chi connectivity index (χ3v) is 17.5. The molecule has 6 rings (SSSR count). The molecular formula is C70H88N8O13S. The fourth-order valence-corrected chi connectivity index (χ4v) is 11.7. The van der Waals surface area contributed by atoms with Crippen LogP contribution in [0.5, 0.6) is 0 Å². The highest BCUT2D eigenvalue weighted by Gasteiger charge is 2.40. The predicted octanol–water partition coefficient (Wildman–Crippen LogP) is 8.67. The molecule has 0 spiro atoms. The van der Waals surface area contributed by atoms with Crippen molar-refractivity contribution in [2.75, 3.05) is 37.0 Å². The number of likely N-dealkylation sites (N-methyl/N-ethyl adjacent to an activating group) is 1. The second-order valence-corrected chi connectivity index (χ2v) is 25.5. The maximum atomic E-state index is 14.9. The van der Waals surface area contributed by atoms with Gasteiger partial charge in [0.25, 0.3) is 11.8 Å². The number of Topliss-reactive ketones (excluding diaryl/α,β-unsaturated/α-hetero) is 2. The first-order valence-electron chi connectivity index (χ1n) is 31.6. The molecule has 2 aliphatic rings. The summed E-state index contributed by atoms with van der Waals surface area (Å²) in [5.41, 5.74) is 2.86. The lowest BCUT2D eigenvalue weighted by Crippen LogP contribution is -2.58. The number of carbonyl (C=O) groups is 10. The number of carbonyl (C=O) groups excluding carboxylic acids is 9. The molecule has 6 atom stereocenters. The van der Waals surface area contributed by atoms with Crippen molar-refractivity contribution in [2.24, 2.45) is 17.3 Å². The van der Waals surface area contributed by atoms with Crippen molar-refractivity contribution in [3.05, 3.63) is 111 Å². The number of ketones is 2. The number of anilines is 2. The number of hydroxylamine groups is 2. The Labute approximate surface area is 543 Å². The number of nitrogens with one attached hydrogen (secondary N) is 4. The molecule has 22 heteroatoms. The van der Waals surface area contributed by atoms with E-state index in [4.69, 9.17) is 16.0 Å². The molecule has 0 saturated carbocycles. The van der Waals surface area contributed by atoms with Crippen molar-refractivity contribution in [1.29, 1.82) is 0 Å². The van der Waals surface area contributed by atoms with Crippen LogP contribution < -0.4 is 26.2 Å². The van der Waals surface area contributed by atoms with E-state index in [-0.39, 0.29) is 111 Å². The van der Waals surface area contributed by atoms with Gasteiger partial charge in [0.1, 0.15) is 22.5 Å². The highest BCUT2D eigenvalue weighted by atomic mass is 32.1. The summed E-state index contributed by atoms with van der Waals surface area (Å²) in [6.45, 7) is 12.8. The van der Waals surface area contributed by atoms with Crippen LogP contribution in [0, 0.1) is 41.4 Å². The smallest absolute Gasteiger partial charge is 0.309 e. The predicted molar refractivity (Wildman–Crippen MR) is 349 cm³/mol. The summed E-state index contributed by atoms with van der Waals surface area (Å²) in [7, 11) is 1.90. The summed E-state index contributed by atoms with van der Waals surface area (Å²) in [4.78, 5) is 147. The molecule has 0 bridgehead atoms. The quantitative estimate of drug-likeness (QED) is 0.0127. The minimum Gasteiger partial charge on any atom is -0.481 e. The number of benzene rings is 3. The van der Waals surface area contributed by atoms with E-state index in [0.717, 1.165) is 41.9 Å². The SMILES string of the molecule is C#CCCCON(C(=O)[C@@H](NC(=O)[C@H]1CCCCN1C)[C@@H](C)CC)[C@H](C[C@@H](OC(C)=O)c1nc(C(=O)N[C@@H](Cc2ccc(NC(=O)CCC(=O)CNC(=O)CCC(=O)CCC(=O)N3Cc4ccccc4C#Cc4ccccc43)cc2)CC(C)(C)C(=O)O)cs1)C(C)C. The number of carboxylic acid groups (broad SMARTS) is 1. The molecule has 2 aliphatic heterocycles. The second-order valence-electron chi connectivity index (χ2n) is 24.7.